The van der Waals surface area contributed by atoms with Gasteiger partial charge in [0.25, 0.3) is 5.91 Å². The number of anilines is 1. The smallest absolute Gasteiger partial charge is 0.352 e. The van der Waals surface area contributed by atoms with Crippen LogP contribution in [0.4, 0.5) is 5.69 Å². The third-order valence-electron chi connectivity index (χ3n) is 7.60. The van der Waals surface area contributed by atoms with Crippen LogP contribution in [-0.2, 0) is 29.0 Å². The van der Waals surface area contributed by atoms with E-state index in [0.717, 1.165) is 57.6 Å². The molecule has 1 unspecified atom stereocenters. The third-order valence-corrected chi connectivity index (χ3v) is 7.89. The van der Waals surface area contributed by atoms with Crippen molar-refractivity contribution in [1.82, 2.24) is 9.55 Å². The van der Waals surface area contributed by atoms with Gasteiger partial charge in [-0.1, -0.05) is 79.2 Å². The molecule has 1 atom stereocenters. The van der Waals surface area contributed by atoms with Gasteiger partial charge in [0, 0.05) is 29.8 Å². The number of ether oxygens (including phenoxy) is 2. The number of hydrogen-bond acceptors (Lipinski definition) is 5. The van der Waals surface area contributed by atoms with Crippen molar-refractivity contribution in [3.8, 4) is 5.75 Å². The first-order valence-electron chi connectivity index (χ1n) is 14.5. The number of halogens is 1. The second kappa shape index (κ2) is 12.3. The van der Waals surface area contributed by atoms with E-state index >= 15 is 0 Å². The van der Waals surface area contributed by atoms with Crippen LogP contribution in [0.2, 0.25) is 5.02 Å². The first-order chi connectivity index (χ1) is 21.0. The summed E-state index contributed by atoms with van der Waals surface area (Å²) >= 11 is 6.79. The Hall–Kier alpha value is -4.62. The van der Waals surface area contributed by atoms with E-state index < -0.39 is 12.1 Å². The number of aryl methyl sites for hydroxylation is 1. The molecule has 8 heteroatoms. The molecule has 7 nitrogen and oxygen atoms in total. The van der Waals surface area contributed by atoms with Gasteiger partial charge in [-0.15, -0.1) is 0 Å². The number of aromatic nitrogens is 2. The largest absolute Gasteiger partial charge is 0.474 e. The lowest BCUT2D eigenvalue weighted by molar-refractivity contribution is -0.151. The Morgan fingerprint density at radius 2 is 1.72 bits per heavy atom. The van der Waals surface area contributed by atoms with Crippen LogP contribution in [0.5, 0.6) is 5.75 Å². The van der Waals surface area contributed by atoms with Crippen molar-refractivity contribution in [2.75, 3.05) is 11.5 Å². The van der Waals surface area contributed by atoms with Crippen molar-refractivity contribution in [2.45, 2.75) is 45.9 Å². The second-order valence-corrected chi connectivity index (χ2v) is 10.9. The maximum atomic E-state index is 13.2. The second-order valence-electron chi connectivity index (χ2n) is 10.5. The van der Waals surface area contributed by atoms with E-state index in [2.05, 4.69) is 11.5 Å². The molecule has 6 rings (SSSR count). The summed E-state index contributed by atoms with van der Waals surface area (Å²) in [5, 5.41) is 0.516. The molecule has 2 heterocycles. The Labute approximate surface area is 255 Å². The molecule has 43 heavy (non-hydrogen) atoms. The summed E-state index contributed by atoms with van der Waals surface area (Å²) in [6, 6.07) is 28.6. The fourth-order valence-electron chi connectivity index (χ4n) is 5.52. The van der Waals surface area contributed by atoms with Gasteiger partial charge in [-0.2, -0.15) is 0 Å². The molecular formula is C35H32ClN3O4. The first kappa shape index (κ1) is 28.5. The van der Waals surface area contributed by atoms with Crippen molar-refractivity contribution in [3.63, 3.8) is 0 Å². The SMILES string of the molecule is CCCc1nc2c(Cl)cc(N3Cc4ccccc4C3=O)cc2n1Cc1ccc(OC(C(=O)OCC)c2ccccc2)cc1. The molecule has 1 aromatic heterocycles. The Morgan fingerprint density at radius 3 is 2.44 bits per heavy atom. The minimum Gasteiger partial charge on any atom is -0.474 e. The molecule has 1 amide bonds. The Bertz CT molecular complexity index is 1780. The van der Waals surface area contributed by atoms with Crippen LogP contribution in [0.15, 0.2) is 91.0 Å². The molecular weight excluding hydrogens is 562 g/mol. The summed E-state index contributed by atoms with van der Waals surface area (Å²) in [4.78, 5) is 32.6. The van der Waals surface area contributed by atoms with Gasteiger partial charge in [-0.3, -0.25) is 4.79 Å². The summed E-state index contributed by atoms with van der Waals surface area (Å²) in [7, 11) is 0. The van der Waals surface area contributed by atoms with Crippen LogP contribution in [0.25, 0.3) is 11.0 Å². The minimum atomic E-state index is -0.860. The molecule has 0 fully saturated rings. The average molecular weight is 594 g/mol. The lowest BCUT2D eigenvalue weighted by atomic mass is 10.1. The topological polar surface area (TPSA) is 73.7 Å². The van der Waals surface area contributed by atoms with E-state index in [4.69, 9.17) is 26.1 Å². The molecule has 1 aliphatic rings. The van der Waals surface area contributed by atoms with Gasteiger partial charge in [0.15, 0.2) is 0 Å². The molecule has 0 saturated carbocycles. The van der Waals surface area contributed by atoms with Gasteiger partial charge in [-0.25, -0.2) is 9.78 Å². The van der Waals surface area contributed by atoms with Gasteiger partial charge >= 0.3 is 5.97 Å². The number of hydrogen-bond donors (Lipinski definition) is 0. The molecule has 0 saturated heterocycles. The van der Waals surface area contributed by atoms with Crippen LogP contribution < -0.4 is 9.64 Å². The van der Waals surface area contributed by atoms with Crippen molar-refractivity contribution in [1.29, 1.82) is 0 Å². The Balaban J connectivity index is 1.29. The van der Waals surface area contributed by atoms with Crippen molar-refractivity contribution < 1.29 is 19.1 Å². The van der Waals surface area contributed by atoms with Gasteiger partial charge in [0.1, 0.15) is 17.1 Å². The van der Waals surface area contributed by atoms with Crippen molar-refractivity contribution in [2.24, 2.45) is 0 Å². The molecule has 0 bridgehead atoms. The van der Waals surface area contributed by atoms with Crippen LogP contribution in [0, 0.1) is 0 Å². The predicted octanol–water partition coefficient (Wildman–Crippen LogP) is 7.53. The summed E-state index contributed by atoms with van der Waals surface area (Å²) in [6.45, 7) is 5.23. The van der Waals surface area contributed by atoms with Crippen LogP contribution in [0.1, 0.15) is 59.2 Å². The maximum absolute atomic E-state index is 13.2. The number of benzene rings is 4. The van der Waals surface area contributed by atoms with E-state index in [0.29, 0.717) is 23.9 Å². The zero-order chi connectivity index (χ0) is 29.9. The van der Waals surface area contributed by atoms with E-state index in [1.807, 2.05) is 91.0 Å². The molecule has 0 radical (unpaired) electrons. The number of esters is 1. The highest BCUT2D eigenvalue weighted by atomic mass is 35.5. The number of rotatable bonds is 10. The third kappa shape index (κ3) is 5.73. The number of fused-ring (bicyclic) bond motifs is 2. The molecule has 0 N–H and O–H groups in total. The molecule has 0 aliphatic carbocycles. The monoisotopic (exact) mass is 593 g/mol. The highest BCUT2D eigenvalue weighted by Crippen LogP contribution is 2.35. The number of imidazole rings is 1. The lowest BCUT2D eigenvalue weighted by Crippen LogP contribution is -2.23. The minimum absolute atomic E-state index is 0.0296. The Kier molecular flexibility index (Phi) is 8.16. The molecule has 0 spiro atoms. The van der Waals surface area contributed by atoms with E-state index in [9.17, 15) is 9.59 Å². The van der Waals surface area contributed by atoms with Crippen LogP contribution >= 0.6 is 11.6 Å². The lowest BCUT2D eigenvalue weighted by Gasteiger charge is -2.18. The van der Waals surface area contributed by atoms with E-state index in [1.165, 1.54) is 0 Å². The van der Waals surface area contributed by atoms with Crippen LogP contribution in [-0.4, -0.2) is 28.0 Å². The summed E-state index contributed by atoms with van der Waals surface area (Å²) in [6.07, 6.45) is 0.851. The quantitative estimate of drug-likeness (QED) is 0.156. The van der Waals surface area contributed by atoms with E-state index in [1.54, 1.807) is 11.8 Å². The van der Waals surface area contributed by atoms with Gasteiger partial charge < -0.3 is 18.9 Å². The summed E-state index contributed by atoms with van der Waals surface area (Å²) < 4.78 is 13.6. The molecule has 1 aliphatic heterocycles. The average Bonchev–Trinajstić information content (AvgIpc) is 3.55. The van der Waals surface area contributed by atoms with Gasteiger partial charge in [0.2, 0.25) is 6.10 Å². The molecule has 218 valence electrons. The highest BCUT2D eigenvalue weighted by Gasteiger charge is 2.29. The van der Waals surface area contributed by atoms with Gasteiger partial charge in [-0.05, 0) is 54.8 Å². The number of nitrogens with zero attached hydrogens (tertiary/aromatic N) is 3. The Morgan fingerprint density at radius 1 is 0.977 bits per heavy atom. The molecule has 5 aromatic rings. The molecule has 4 aromatic carbocycles. The zero-order valence-corrected chi connectivity index (χ0v) is 24.9. The van der Waals surface area contributed by atoms with E-state index in [-0.39, 0.29) is 12.5 Å². The summed E-state index contributed by atoms with van der Waals surface area (Å²) in [5.74, 6) is 1.03. The summed E-state index contributed by atoms with van der Waals surface area (Å²) in [5.41, 5.74) is 5.83. The number of carbonyl (C=O) groups is 2. The maximum Gasteiger partial charge on any atom is 0.352 e. The van der Waals surface area contributed by atoms with Crippen molar-refractivity contribution in [3.05, 3.63) is 124 Å². The fraction of sp³-hybridized carbons (Fsp3) is 0.229. The standard InChI is InChI=1S/C35H32ClN3O4/c1-3-10-31-37-32-29(36)19-26(38-22-25-13-8-9-14-28(25)34(38)40)20-30(32)39(31)21-23-15-17-27(18-16-23)43-33(35(41)42-4-2)24-11-6-5-7-12-24/h5-9,11-20,33H,3-4,10,21-22H2,1-2H3. The fourth-order valence-corrected chi connectivity index (χ4v) is 5.77. The predicted molar refractivity (Wildman–Crippen MR) is 168 cm³/mol. The zero-order valence-electron chi connectivity index (χ0n) is 24.1. The number of amides is 1. The number of carbonyl (C=O) groups excluding carboxylic acids is 2. The van der Waals surface area contributed by atoms with Crippen molar-refractivity contribution >= 4 is 40.2 Å². The van der Waals surface area contributed by atoms with Crippen LogP contribution in [0.3, 0.4) is 0 Å². The normalized spacial score (nSPS) is 13.3. The first-order valence-corrected chi connectivity index (χ1v) is 14.9. The van der Waals surface area contributed by atoms with Gasteiger partial charge in [0.05, 0.1) is 23.7 Å². The highest BCUT2D eigenvalue weighted by molar-refractivity contribution is 6.35.